The van der Waals surface area contributed by atoms with Crippen molar-refractivity contribution in [3.05, 3.63) is 59.9 Å². The van der Waals surface area contributed by atoms with Gasteiger partial charge in [-0.15, -0.1) is 12.4 Å². The molecular weight excluding hydrogens is 395 g/mol. The molecule has 148 valence electrons. The molecule has 1 unspecified atom stereocenters. The quantitative estimate of drug-likeness (QED) is 0.688. The Kier molecular flexibility index (Phi) is 8.68. The number of hydrogen-bond donors (Lipinski definition) is 2. The van der Waals surface area contributed by atoms with Gasteiger partial charge < -0.3 is 15.8 Å². The largest absolute Gasteiger partial charge is 0.457 e. The zero-order valence-corrected chi connectivity index (χ0v) is 16.4. The number of hydrogen-bond acceptors (Lipinski definition) is 5. The Morgan fingerprint density at radius 2 is 1.63 bits per heavy atom. The van der Waals surface area contributed by atoms with Crippen LogP contribution >= 0.6 is 12.4 Å². The van der Waals surface area contributed by atoms with Crippen molar-refractivity contribution >= 4 is 28.2 Å². The van der Waals surface area contributed by atoms with Crippen molar-refractivity contribution in [1.29, 1.82) is 0 Å². The Morgan fingerprint density at radius 3 is 2.15 bits per heavy atom. The van der Waals surface area contributed by atoms with Gasteiger partial charge in [0.1, 0.15) is 27.2 Å². The van der Waals surface area contributed by atoms with Gasteiger partial charge in [0, 0.05) is 12.8 Å². The van der Waals surface area contributed by atoms with Crippen LogP contribution in [0, 0.1) is 5.82 Å². The average Bonchev–Trinajstić information content (AvgIpc) is 2.60. The van der Waals surface area contributed by atoms with Gasteiger partial charge in [-0.2, -0.15) is 0 Å². The van der Waals surface area contributed by atoms with Crippen LogP contribution in [-0.4, -0.2) is 32.4 Å². The Labute approximate surface area is 164 Å². The molecule has 9 heteroatoms. The molecule has 2 aromatic rings. The van der Waals surface area contributed by atoms with E-state index < -0.39 is 21.8 Å². The number of halogens is 2. The summed E-state index contributed by atoms with van der Waals surface area (Å²) in [6.45, 7) is 0.266. The summed E-state index contributed by atoms with van der Waals surface area (Å²) in [5, 5.41) is 2.67. The molecule has 0 aliphatic carbocycles. The maximum Gasteiger partial charge on any atom is 0.237 e. The lowest BCUT2D eigenvalue weighted by molar-refractivity contribution is -0.122. The summed E-state index contributed by atoms with van der Waals surface area (Å²) in [6.07, 6.45) is 1.18. The molecule has 0 saturated carbocycles. The molecule has 0 aliphatic heterocycles. The van der Waals surface area contributed by atoms with Crippen molar-refractivity contribution in [3.8, 4) is 11.5 Å². The molecule has 1 atom stereocenters. The minimum Gasteiger partial charge on any atom is -0.457 e. The summed E-state index contributed by atoms with van der Waals surface area (Å²) in [5.41, 5.74) is 6.52. The second-order valence-electron chi connectivity index (χ2n) is 5.94. The smallest absolute Gasteiger partial charge is 0.237 e. The molecule has 0 spiro atoms. The zero-order chi connectivity index (χ0) is 19.2. The van der Waals surface area contributed by atoms with Crippen LogP contribution in [0.3, 0.4) is 0 Å². The molecule has 6 nitrogen and oxygen atoms in total. The molecule has 1 amide bonds. The van der Waals surface area contributed by atoms with E-state index in [-0.39, 0.29) is 36.9 Å². The van der Waals surface area contributed by atoms with Crippen molar-refractivity contribution in [2.45, 2.75) is 19.0 Å². The van der Waals surface area contributed by atoms with Gasteiger partial charge in [-0.25, -0.2) is 12.8 Å². The van der Waals surface area contributed by atoms with E-state index in [2.05, 4.69) is 5.32 Å². The van der Waals surface area contributed by atoms with E-state index in [4.69, 9.17) is 10.5 Å². The van der Waals surface area contributed by atoms with Crippen molar-refractivity contribution in [3.63, 3.8) is 0 Å². The monoisotopic (exact) mass is 416 g/mol. The fourth-order valence-corrected chi connectivity index (χ4v) is 2.79. The predicted molar refractivity (Wildman–Crippen MR) is 104 cm³/mol. The Bertz CT molecular complexity index is 843. The van der Waals surface area contributed by atoms with E-state index in [0.717, 1.165) is 11.8 Å². The third-order valence-electron chi connectivity index (χ3n) is 3.58. The minimum atomic E-state index is -3.15. The lowest BCUT2D eigenvalue weighted by Crippen LogP contribution is -2.41. The van der Waals surface area contributed by atoms with Crippen LogP contribution in [0.1, 0.15) is 12.0 Å². The van der Waals surface area contributed by atoms with Gasteiger partial charge in [-0.05, 0) is 48.4 Å². The number of amides is 1. The summed E-state index contributed by atoms with van der Waals surface area (Å²) < 4.78 is 40.6. The number of nitrogens with two attached hydrogens (primary N) is 1. The summed E-state index contributed by atoms with van der Waals surface area (Å²) >= 11 is 0. The van der Waals surface area contributed by atoms with Crippen LogP contribution < -0.4 is 15.8 Å². The van der Waals surface area contributed by atoms with E-state index in [1.807, 2.05) is 0 Å². The van der Waals surface area contributed by atoms with Crippen molar-refractivity contribution in [2.24, 2.45) is 5.73 Å². The number of ether oxygens (including phenoxy) is 1. The maximum atomic E-state index is 12.9. The number of sulfone groups is 1. The average molecular weight is 417 g/mol. The van der Waals surface area contributed by atoms with Crippen LogP contribution in [-0.2, 0) is 21.2 Å². The first-order valence-corrected chi connectivity index (χ1v) is 10.0. The number of benzene rings is 2. The summed E-state index contributed by atoms with van der Waals surface area (Å²) in [5.74, 6) is 0.233. The number of carbonyl (C=O) groups excluding carboxylic acids is 1. The highest BCUT2D eigenvalue weighted by molar-refractivity contribution is 7.90. The summed E-state index contributed by atoms with van der Waals surface area (Å²) in [6, 6.07) is 11.8. The summed E-state index contributed by atoms with van der Waals surface area (Å²) in [7, 11) is -3.15. The molecule has 0 radical (unpaired) electrons. The predicted octanol–water partition coefficient (Wildman–Crippen LogP) is 2.42. The second kappa shape index (κ2) is 10.2. The van der Waals surface area contributed by atoms with Crippen LogP contribution in [0.15, 0.2) is 48.5 Å². The second-order valence-corrected chi connectivity index (χ2v) is 8.20. The SMILES string of the molecule is CS(=O)(=O)CCC(N)C(=O)NCc1ccc(Oc2ccc(F)cc2)cc1.Cl. The molecule has 0 saturated heterocycles. The molecular formula is C18H22ClFN2O4S. The van der Waals surface area contributed by atoms with Gasteiger partial charge in [0.05, 0.1) is 11.8 Å². The number of rotatable bonds is 8. The Balaban J connectivity index is 0.00000364. The molecule has 0 bridgehead atoms. The highest BCUT2D eigenvalue weighted by Crippen LogP contribution is 2.21. The van der Waals surface area contributed by atoms with Gasteiger partial charge >= 0.3 is 0 Å². The van der Waals surface area contributed by atoms with Crippen molar-refractivity contribution in [2.75, 3.05) is 12.0 Å². The van der Waals surface area contributed by atoms with Crippen LogP contribution in [0.4, 0.5) is 4.39 Å². The van der Waals surface area contributed by atoms with E-state index in [1.165, 1.54) is 24.3 Å². The van der Waals surface area contributed by atoms with E-state index in [9.17, 15) is 17.6 Å². The first-order chi connectivity index (χ1) is 12.2. The molecule has 3 N–H and O–H groups in total. The lowest BCUT2D eigenvalue weighted by atomic mass is 10.2. The fourth-order valence-electron chi connectivity index (χ4n) is 2.11. The van der Waals surface area contributed by atoms with Crippen molar-refractivity contribution < 1.29 is 22.3 Å². The van der Waals surface area contributed by atoms with Gasteiger partial charge in [0.25, 0.3) is 0 Å². The van der Waals surface area contributed by atoms with Gasteiger partial charge in [-0.3, -0.25) is 4.79 Å². The Hall–Kier alpha value is -2.16. The Morgan fingerprint density at radius 1 is 1.11 bits per heavy atom. The summed E-state index contributed by atoms with van der Waals surface area (Å²) in [4.78, 5) is 11.9. The third kappa shape index (κ3) is 8.38. The third-order valence-corrected chi connectivity index (χ3v) is 4.55. The van der Waals surface area contributed by atoms with Gasteiger partial charge in [0.2, 0.25) is 5.91 Å². The van der Waals surface area contributed by atoms with Crippen LogP contribution in [0.25, 0.3) is 0 Å². The first-order valence-electron chi connectivity index (χ1n) is 7.96. The molecule has 0 fully saturated rings. The number of carbonyl (C=O) groups is 1. The van der Waals surface area contributed by atoms with E-state index in [0.29, 0.717) is 11.5 Å². The fraction of sp³-hybridized carbons (Fsp3) is 0.278. The molecule has 0 heterocycles. The van der Waals surface area contributed by atoms with Gasteiger partial charge in [0.15, 0.2) is 0 Å². The first kappa shape index (κ1) is 22.9. The van der Waals surface area contributed by atoms with Crippen LogP contribution in [0.2, 0.25) is 0 Å². The highest BCUT2D eigenvalue weighted by Gasteiger charge is 2.15. The molecule has 0 aliphatic rings. The van der Waals surface area contributed by atoms with E-state index in [1.54, 1.807) is 24.3 Å². The van der Waals surface area contributed by atoms with Gasteiger partial charge in [-0.1, -0.05) is 12.1 Å². The van der Waals surface area contributed by atoms with Crippen LogP contribution in [0.5, 0.6) is 11.5 Å². The van der Waals surface area contributed by atoms with Crippen molar-refractivity contribution in [1.82, 2.24) is 5.32 Å². The molecule has 2 aromatic carbocycles. The molecule has 27 heavy (non-hydrogen) atoms. The molecule has 0 aromatic heterocycles. The molecule has 2 rings (SSSR count). The lowest BCUT2D eigenvalue weighted by Gasteiger charge is -2.12. The topological polar surface area (TPSA) is 98.5 Å². The normalized spacial score (nSPS) is 12.0. The highest BCUT2D eigenvalue weighted by atomic mass is 35.5. The zero-order valence-electron chi connectivity index (χ0n) is 14.7. The number of nitrogens with one attached hydrogen (secondary N) is 1. The van der Waals surface area contributed by atoms with E-state index >= 15 is 0 Å². The minimum absolute atomic E-state index is 0. The standard InChI is InChI=1S/C18H21FN2O4S.ClH/c1-26(23,24)11-10-17(20)18(22)21-12-13-2-6-15(7-3-13)25-16-8-4-14(19)5-9-16;/h2-9,17H,10-12,20H2,1H3,(H,21,22);1H. The maximum absolute atomic E-state index is 12.9.